The van der Waals surface area contributed by atoms with Gasteiger partial charge in [-0.2, -0.15) is 0 Å². The molecule has 0 bridgehead atoms. The Morgan fingerprint density at radius 3 is 2.50 bits per heavy atom. The van der Waals surface area contributed by atoms with Crippen LogP contribution in [0.3, 0.4) is 0 Å². The zero-order valence-corrected chi connectivity index (χ0v) is 10.1. The molecule has 0 spiro atoms. The lowest BCUT2D eigenvalue weighted by Gasteiger charge is -2.25. The Balaban J connectivity index is 2.16. The van der Waals surface area contributed by atoms with Gasteiger partial charge in [-0.1, -0.05) is 0 Å². The van der Waals surface area contributed by atoms with E-state index in [2.05, 4.69) is 0 Å². The van der Waals surface area contributed by atoms with Gasteiger partial charge in [0.2, 0.25) is 0 Å². The largest absolute Gasteiger partial charge is 0.486 e. The third-order valence-electron chi connectivity index (χ3n) is 3.47. The Morgan fingerprint density at radius 1 is 1.22 bits per heavy atom. The molecule has 0 unspecified atom stereocenters. The van der Waals surface area contributed by atoms with Gasteiger partial charge in [-0.15, -0.1) is 0 Å². The molecule has 1 fully saturated rings. The molecule has 0 radical (unpaired) electrons. The number of fused-ring (bicyclic) bond motifs is 1. The first-order valence-electron chi connectivity index (χ1n) is 6.01. The zero-order chi connectivity index (χ0) is 13.0. The number of hydrogen-bond acceptors (Lipinski definition) is 3. The molecule has 3 nitrogen and oxygen atoms in total. The van der Waals surface area contributed by atoms with Crippen LogP contribution < -0.4 is 15.2 Å². The maximum atomic E-state index is 13.5. The van der Waals surface area contributed by atoms with Crippen LogP contribution >= 0.6 is 0 Å². The molecular weight excluding hydrogens is 240 g/mol. The van der Waals surface area contributed by atoms with Crippen LogP contribution in [0.2, 0.25) is 0 Å². The molecule has 0 atom stereocenters. The van der Waals surface area contributed by atoms with Crippen molar-refractivity contribution in [2.24, 2.45) is 5.73 Å². The molecule has 2 N–H and O–H groups in total. The summed E-state index contributed by atoms with van der Waals surface area (Å²) in [6, 6.07) is 2.81. The van der Waals surface area contributed by atoms with Crippen molar-refractivity contribution in [1.29, 1.82) is 0 Å². The quantitative estimate of drug-likeness (QED) is 0.883. The summed E-state index contributed by atoms with van der Waals surface area (Å²) in [5, 5.41) is 0. The van der Waals surface area contributed by atoms with Crippen molar-refractivity contribution in [2.45, 2.75) is 31.2 Å². The van der Waals surface area contributed by atoms with Gasteiger partial charge in [0, 0.05) is 23.6 Å². The monoisotopic (exact) mass is 255 g/mol. The van der Waals surface area contributed by atoms with Crippen LogP contribution in [0.4, 0.5) is 8.78 Å². The summed E-state index contributed by atoms with van der Waals surface area (Å²) in [6.45, 7) is 1.68. The van der Waals surface area contributed by atoms with Crippen LogP contribution in [0.1, 0.15) is 30.9 Å². The molecule has 3 rings (SSSR count). The summed E-state index contributed by atoms with van der Waals surface area (Å²) in [7, 11) is 0. The highest BCUT2D eigenvalue weighted by Crippen LogP contribution is 2.51. The molecule has 0 saturated heterocycles. The lowest BCUT2D eigenvalue weighted by atomic mass is 9.98. The predicted octanol–water partition coefficient (Wildman–Crippen LogP) is 2.52. The molecule has 98 valence electrons. The summed E-state index contributed by atoms with van der Waals surface area (Å²) < 4.78 is 37.9. The highest BCUT2D eigenvalue weighted by molar-refractivity contribution is 5.55. The Hall–Kier alpha value is -1.36. The SMILES string of the molecule is CC(F)(F)c1cc2c(c(C3(N)CC3)c1)OCCO2. The van der Waals surface area contributed by atoms with E-state index in [1.807, 2.05) is 0 Å². The van der Waals surface area contributed by atoms with Gasteiger partial charge in [0.15, 0.2) is 11.5 Å². The highest BCUT2D eigenvalue weighted by Gasteiger charge is 2.44. The molecule has 5 heteroatoms. The van der Waals surface area contributed by atoms with Crippen molar-refractivity contribution in [3.05, 3.63) is 23.3 Å². The number of ether oxygens (including phenoxy) is 2. The molecule has 1 saturated carbocycles. The second-order valence-corrected chi connectivity index (χ2v) is 5.09. The van der Waals surface area contributed by atoms with E-state index in [-0.39, 0.29) is 5.56 Å². The van der Waals surface area contributed by atoms with E-state index in [4.69, 9.17) is 15.2 Å². The summed E-state index contributed by atoms with van der Waals surface area (Å²) in [5.41, 5.74) is 6.18. The third-order valence-corrected chi connectivity index (χ3v) is 3.47. The molecular formula is C13H15F2NO2. The molecule has 0 amide bonds. The van der Waals surface area contributed by atoms with Crippen LogP contribution in [0.25, 0.3) is 0 Å². The van der Waals surface area contributed by atoms with Crippen LogP contribution in [0, 0.1) is 0 Å². The number of rotatable bonds is 2. The van der Waals surface area contributed by atoms with Gasteiger partial charge in [-0.3, -0.25) is 0 Å². The fourth-order valence-electron chi connectivity index (χ4n) is 2.18. The number of benzene rings is 1. The lowest BCUT2D eigenvalue weighted by Crippen LogP contribution is -2.25. The minimum absolute atomic E-state index is 0.0709. The first-order valence-corrected chi connectivity index (χ1v) is 6.01. The molecule has 18 heavy (non-hydrogen) atoms. The summed E-state index contributed by atoms with van der Waals surface area (Å²) >= 11 is 0. The van der Waals surface area contributed by atoms with Crippen molar-refractivity contribution in [3.8, 4) is 11.5 Å². The van der Waals surface area contributed by atoms with Crippen LogP contribution in [-0.2, 0) is 11.5 Å². The molecule has 1 aromatic carbocycles. The third kappa shape index (κ3) is 1.82. The normalized spacial score (nSPS) is 20.7. The Bertz CT molecular complexity index is 492. The molecule has 1 heterocycles. The summed E-state index contributed by atoms with van der Waals surface area (Å²) in [6.07, 6.45) is 1.59. The van der Waals surface area contributed by atoms with E-state index < -0.39 is 11.5 Å². The van der Waals surface area contributed by atoms with Crippen LogP contribution in [0.5, 0.6) is 11.5 Å². The smallest absolute Gasteiger partial charge is 0.270 e. The molecule has 1 aliphatic carbocycles. The van der Waals surface area contributed by atoms with E-state index in [9.17, 15) is 8.78 Å². The number of nitrogens with two attached hydrogens (primary N) is 1. The van der Waals surface area contributed by atoms with Crippen molar-refractivity contribution < 1.29 is 18.3 Å². The average molecular weight is 255 g/mol. The zero-order valence-electron chi connectivity index (χ0n) is 10.1. The number of alkyl halides is 2. The van der Waals surface area contributed by atoms with E-state index in [1.54, 1.807) is 0 Å². The number of hydrogen-bond donors (Lipinski definition) is 1. The average Bonchev–Trinajstić information content (AvgIpc) is 3.06. The molecule has 0 aromatic heterocycles. The van der Waals surface area contributed by atoms with E-state index in [0.717, 1.165) is 19.8 Å². The van der Waals surface area contributed by atoms with Gasteiger partial charge in [0.25, 0.3) is 5.92 Å². The Morgan fingerprint density at radius 2 is 1.89 bits per heavy atom. The van der Waals surface area contributed by atoms with Gasteiger partial charge in [0.1, 0.15) is 13.2 Å². The van der Waals surface area contributed by atoms with Crippen molar-refractivity contribution in [2.75, 3.05) is 13.2 Å². The van der Waals surface area contributed by atoms with Crippen molar-refractivity contribution in [1.82, 2.24) is 0 Å². The van der Waals surface area contributed by atoms with Crippen LogP contribution in [0.15, 0.2) is 12.1 Å². The van der Waals surface area contributed by atoms with E-state index in [0.29, 0.717) is 30.3 Å². The standard InChI is InChI=1S/C13H15F2NO2/c1-12(14,15)8-6-9(13(16)2-3-13)11-10(7-8)17-4-5-18-11/h6-7H,2-5,16H2,1H3. The second-order valence-electron chi connectivity index (χ2n) is 5.09. The van der Waals surface area contributed by atoms with Gasteiger partial charge in [-0.25, -0.2) is 8.78 Å². The first-order chi connectivity index (χ1) is 8.40. The first kappa shape index (κ1) is 11.7. The maximum Gasteiger partial charge on any atom is 0.270 e. The molecule has 1 aliphatic heterocycles. The number of halogens is 2. The minimum atomic E-state index is -2.91. The van der Waals surface area contributed by atoms with Gasteiger partial charge in [0.05, 0.1) is 0 Å². The topological polar surface area (TPSA) is 44.5 Å². The Kier molecular flexibility index (Phi) is 2.32. The van der Waals surface area contributed by atoms with Gasteiger partial charge in [-0.05, 0) is 25.0 Å². The predicted molar refractivity (Wildman–Crippen MR) is 62.1 cm³/mol. The second kappa shape index (κ2) is 3.57. The van der Waals surface area contributed by atoms with Crippen LogP contribution in [-0.4, -0.2) is 13.2 Å². The van der Waals surface area contributed by atoms with Crippen molar-refractivity contribution in [3.63, 3.8) is 0 Å². The van der Waals surface area contributed by atoms with Crippen molar-refractivity contribution >= 4 is 0 Å². The maximum absolute atomic E-state index is 13.5. The highest BCUT2D eigenvalue weighted by atomic mass is 19.3. The summed E-state index contributed by atoms with van der Waals surface area (Å²) in [5.74, 6) is -1.99. The fraction of sp³-hybridized carbons (Fsp3) is 0.538. The fourth-order valence-corrected chi connectivity index (χ4v) is 2.18. The van der Waals surface area contributed by atoms with Gasteiger partial charge < -0.3 is 15.2 Å². The van der Waals surface area contributed by atoms with Gasteiger partial charge >= 0.3 is 0 Å². The minimum Gasteiger partial charge on any atom is -0.486 e. The van der Waals surface area contributed by atoms with E-state index >= 15 is 0 Å². The van der Waals surface area contributed by atoms with E-state index in [1.165, 1.54) is 12.1 Å². The molecule has 2 aliphatic rings. The summed E-state index contributed by atoms with van der Waals surface area (Å²) in [4.78, 5) is 0. The Labute approximate surface area is 104 Å². The molecule has 1 aromatic rings. The lowest BCUT2D eigenvalue weighted by molar-refractivity contribution is 0.0167.